The number of hydrogen-bond acceptors (Lipinski definition) is 6. The molecule has 0 bridgehead atoms. The first-order valence-corrected chi connectivity index (χ1v) is 12.4. The van der Waals surface area contributed by atoms with Gasteiger partial charge in [-0.1, -0.05) is 17.7 Å². The quantitative estimate of drug-likeness (QED) is 0.386. The van der Waals surface area contributed by atoms with Crippen LogP contribution in [0.4, 0.5) is 0 Å². The Labute approximate surface area is 175 Å². The van der Waals surface area contributed by atoms with Crippen molar-refractivity contribution in [2.75, 3.05) is 12.0 Å². The Kier molecular flexibility index (Phi) is 7.25. The van der Waals surface area contributed by atoms with Gasteiger partial charge in [-0.25, -0.2) is 16.8 Å². The van der Waals surface area contributed by atoms with E-state index in [-0.39, 0.29) is 27.9 Å². The highest BCUT2D eigenvalue weighted by molar-refractivity contribution is 7.91. The summed E-state index contributed by atoms with van der Waals surface area (Å²) in [6.07, 6.45) is 1.02. The van der Waals surface area contributed by atoms with E-state index in [1.807, 2.05) is 0 Å². The van der Waals surface area contributed by atoms with Gasteiger partial charge in [0.1, 0.15) is 23.1 Å². The number of sulfonamides is 1. The fourth-order valence-corrected chi connectivity index (χ4v) is 4.69. The van der Waals surface area contributed by atoms with Gasteiger partial charge in [0, 0.05) is 11.3 Å². The minimum atomic E-state index is -3.85. The van der Waals surface area contributed by atoms with Crippen molar-refractivity contribution >= 4 is 43.0 Å². The maximum absolute atomic E-state index is 12.3. The zero-order valence-corrected chi connectivity index (χ0v) is 18.8. The summed E-state index contributed by atoms with van der Waals surface area (Å²) < 4.78 is 57.5. The van der Waals surface area contributed by atoms with Crippen molar-refractivity contribution in [3.8, 4) is 0 Å². The maximum atomic E-state index is 12.3. The number of furan rings is 1. The number of amidine groups is 1. The number of nitrogens with zero attached hydrogens (tertiary/aromatic N) is 2. The van der Waals surface area contributed by atoms with Gasteiger partial charge in [0.2, 0.25) is 0 Å². The fraction of sp³-hybridized carbons (Fsp3) is 0.333. The van der Waals surface area contributed by atoms with Gasteiger partial charge >= 0.3 is 0 Å². The number of nitrogens with one attached hydrogen (secondary N) is 1. The SMILES string of the molecule is CC(=NS(=O)(=O)CCc1ccc(Cl)cc1S(C)(=O)=O)N/N=C(\C)c1ccc(C)o1. The van der Waals surface area contributed by atoms with Gasteiger partial charge in [-0.2, -0.15) is 5.10 Å². The Bertz CT molecular complexity index is 1170. The molecule has 2 aromatic rings. The van der Waals surface area contributed by atoms with Crippen LogP contribution in [0.3, 0.4) is 0 Å². The van der Waals surface area contributed by atoms with Crippen LogP contribution in [0.1, 0.15) is 30.9 Å². The van der Waals surface area contributed by atoms with Gasteiger partial charge < -0.3 is 4.42 Å². The molecule has 0 spiro atoms. The van der Waals surface area contributed by atoms with E-state index in [1.165, 1.54) is 25.1 Å². The molecule has 158 valence electrons. The molecule has 1 aromatic carbocycles. The Balaban J connectivity index is 2.10. The molecule has 0 saturated heterocycles. The summed E-state index contributed by atoms with van der Waals surface area (Å²) in [5, 5.41) is 4.31. The smallest absolute Gasteiger partial charge is 0.255 e. The molecule has 0 atom stereocenters. The van der Waals surface area contributed by atoms with Crippen LogP contribution >= 0.6 is 11.6 Å². The lowest BCUT2D eigenvalue weighted by molar-refractivity contribution is 0.525. The monoisotopic (exact) mass is 459 g/mol. The molecule has 1 heterocycles. The number of hydrazone groups is 1. The zero-order valence-electron chi connectivity index (χ0n) is 16.4. The summed E-state index contributed by atoms with van der Waals surface area (Å²) >= 11 is 5.86. The van der Waals surface area contributed by atoms with Crippen LogP contribution in [-0.2, 0) is 26.3 Å². The van der Waals surface area contributed by atoms with Crippen LogP contribution in [0.2, 0.25) is 5.02 Å². The molecule has 11 heteroatoms. The third-order valence-electron chi connectivity index (χ3n) is 3.82. The minimum Gasteiger partial charge on any atom is -0.460 e. The summed E-state index contributed by atoms with van der Waals surface area (Å²) in [7, 11) is -7.40. The highest BCUT2D eigenvalue weighted by atomic mass is 35.5. The predicted octanol–water partition coefficient (Wildman–Crippen LogP) is 2.95. The first kappa shape index (κ1) is 23.1. The van der Waals surface area contributed by atoms with Gasteiger partial charge in [0.25, 0.3) is 10.0 Å². The van der Waals surface area contributed by atoms with Gasteiger partial charge in [0.05, 0.1) is 10.6 Å². The van der Waals surface area contributed by atoms with E-state index in [2.05, 4.69) is 14.9 Å². The molecule has 29 heavy (non-hydrogen) atoms. The maximum Gasteiger partial charge on any atom is 0.255 e. The van der Waals surface area contributed by atoms with E-state index in [0.717, 1.165) is 12.0 Å². The van der Waals surface area contributed by atoms with Gasteiger partial charge in [-0.15, -0.1) is 4.40 Å². The van der Waals surface area contributed by atoms with Crippen LogP contribution in [0.15, 0.2) is 49.1 Å². The zero-order chi connectivity index (χ0) is 21.8. The van der Waals surface area contributed by atoms with Crippen molar-refractivity contribution in [3.05, 3.63) is 52.4 Å². The number of hydrogen-bond donors (Lipinski definition) is 1. The summed E-state index contributed by atoms with van der Waals surface area (Å²) in [5.74, 6) is 1.00. The molecule has 0 aliphatic rings. The van der Waals surface area contributed by atoms with E-state index in [4.69, 9.17) is 16.0 Å². The number of sulfone groups is 1. The second-order valence-corrected chi connectivity index (χ2v) is 10.6. The van der Waals surface area contributed by atoms with E-state index in [1.54, 1.807) is 26.0 Å². The first-order chi connectivity index (χ1) is 13.4. The average Bonchev–Trinajstić information content (AvgIpc) is 3.04. The number of aryl methyl sites for hydroxylation is 2. The Hall–Kier alpha value is -2.17. The van der Waals surface area contributed by atoms with Crippen LogP contribution in [0.25, 0.3) is 0 Å². The van der Waals surface area contributed by atoms with Gasteiger partial charge in [-0.3, -0.25) is 5.43 Å². The molecule has 2 rings (SSSR count). The molecular weight excluding hydrogens is 438 g/mol. The van der Waals surface area contributed by atoms with Crippen LogP contribution < -0.4 is 5.43 Å². The second kappa shape index (κ2) is 9.10. The molecule has 1 aromatic heterocycles. The molecular formula is C18H22ClN3O5S2. The van der Waals surface area contributed by atoms with Crippen molar-refractivity contribution in [2.45, 2.75) is 32.1 Å². The van der Waals surface area contributed by atoms with Crippen LogP contribution in [0.5, 0.6) is 0 Å². The van der Waals surface area contributed by atoms with E-state index in [0.29, 0.717) is 17.0 Å². The van der Waals surface area contributed by atoms with Crippen molar-refractivity contribution in [1.82, 2.24) is 5.43 Å². The molecule has 0 amide bonds. The van der Waals surface area contributed by atoms with Crippen molar-refractivity contribution < 1.29 is 21.3 Å². The lowest BCUT2D eigenvalue weighted by Crippen LogP contribution is -2.19. The Morgan fingerprint density at radius 1 is 1.14 bits per heavy atom. The lowest BCUT2D eigenvalue weighted by atomic mass is 10.2. The largest absolute Gasteiger partial charge is 0.460 e. The molecule has 1 N–H and O–H groups in total. The summed E-state index contributed by atoms with van der Waals surface area (Å²) in [5.41, 5.74) is 3.47. The summed E-state index contributed by atoms with van der Waals surface area (Å²) in [6.45, 7) is 4.98. The van der Waals surface area contributed by atoms with Crippen molar-refractivity contribution in [3.63, 3.8) is 0 Å². The predicted molar refractivity (Wildman–Crippen MR) is 114 cm³/mol. The van der Waals surface area contributed by atoms with E-state index in [9.17, 15) is 16.8 Å². The topological polar surface area (TPSA) is 118 Å². The van der Waals surface area contributed by atoms with E-state index < -0.39 is 19.9 Å². The number of rotatable bonds is 7. The summed E-state index contributed by atoms with van der Waals surface area (Å²) in [4.78, 5) is 0.00740. The molecule has 0 saturated carbocycles. The number of benzene rings is 1. The molecule has 0 aliphatic carbocycles. The van der Waals surface area contributed by atoms with Crippen molar-refractivity contribution in [2.24, 2.45) is 9.50 Å². The third-order valence-corrected chi connectivity index (χ3v) is 6.50. The average molecular weight is 460 g/mol. The lowest BCUT2D eigenvalue weighted by Gasteiger charge is -2.08. The standard InChI is InChI=1S/C18H22ClN3O5S2/c1-12-5-8-17(27-12)13(2)20-21-14(3)22-29(25,26)10-9-15-6-7-16(19)11-18(15)28(4,23)24/h5-8,11H,9-10H2,1-4H3,(H,21,22)/b20-13+. The molecule has 0 fully saturated rings. The Morgan fingerprint density at radius 2 is 1.83 bits per heavy atom. The molecule has 0 unspecified atom stereocenters. The second-order valence-electron chi connectivity index (χ2n) is 6.46. The van der Waals surface area contributed by atoms with Crippen molar-refractivity contribution in [1.29, 1.82) is 0 Å². The number of halogens is 1. The highest BCUT2D eigenvalue weighted by Gasteiger charge is 2.17. The van der Waals surface area contributed by atoms with Crippen LogP contribution in [-0.4, -0.2) is 40.4 Å². The minimum absolute atomic E-state index is 0.00740. The normalized spacial score (nSPS) is 13.6. The highest BCUT2D eigenvalue weighted by Crippen LogP contribution is 2.22. The van der Waals surface area contributed by atoms with Crippen LogP contribution in [0, 0.1) is 6.92 Å². The molecule has 8 nitrogen and oxygen atoms in total. The first-order valence-electron chi connectivity index (χ1n) is 8.52. The fourth-order valence-electron chi connectivity index (χ4n) is 2.44. The summed E-state index contributed by atoms with van der Waals surface area (Å²) in [6, 6.07) is 7.87. The third kappa shape index (κ3) is 6.98. The van der Waals surface area contributed by atoms with E-state index >= 15 is 0 Å². The molecule has 0 radical (unpaired) electrons. The van der Waals surface area contributed by atoms with Gasteiger partial charge in [0.15, 0.2) is 9.84 Å². The Morgan fingerprint density at radius 3 is 2.41 bits per heavy atom. The molecule has 0 aliphatic heterocycles. The van der Waals surface area contributed by atoms with Gasteiger partial charge in [-0.05, 0) is 57.0 Å².